The Labute approximate surface area is 94.3 Å². The smallest absolute Gasteiger partial charge is 0.118 e. The molecule has 0 atom stereocenters. The van der Waals surface area contributed by atoms with Crippen LogP contribution in [0.2, 0.25) is 0 Å². The van der Waals surface area contributed by atoms with Gasteiger partial charge in [-0.1, -0.05) is 23.7 Å². The number of hydrogen-bond acceptors (Lipinski definition) is 1. The Hall–Kier alpha value is -0.660. The monoisotopic (exact) mass is 230 g/mol. The van der Waals surface area contributed by atoms with Gasteiger partial charge in [0.1, 0.15) is 5.75 Å². The molecular formula is C11H12Cl2O. The van der Waals surface area contributed by atoms with Crippen LogP contribution in [0.1, 0.15) is 12.5 Å². The minimum absolute atomic E-state index is 0.418. The Morgan fingerprint density at radius 2 is 1.86 bits per heavy atom. The summed E-state index contributed by atoms with van der Waals surface area (Å²) in [5.41, 5.74) is 1.99. The minimum atomic E-state index is 0.418. The molecule has 3 heteroatoms. The van der Waals surface area contributed by atoms with E-state index in [2.05, 4.69) is 0 Å². The van der Waals surface area contributed by atoms with Crippen molar-refractivity contribution >= 4 is 28.8 Å². The van der Waals surface area contributed by atoms with Crippen LogP contribution in [-0.2, 0) is 0 Å². The minimum Gasteiger partial charge on any atom is -0.497 e. The fourth-order valence-corrected chi connectivity index (χ4v) is 1.76. The van der Waals surface area contributed by atoms with Gasteiger partial charge in [0.15, 0.2) is 0 Å². The first kappa shape index (κ1) is 11.4. The van der Waals surface area contributed by atoms with Crippen molar-refractivity contribution in [3.63, 3.8) is 0 Å². The molecule has 0 aromatic heterocycles. The van der Waals surface area contributed by atoms with Gasteiger partial charge >= 0.3 is 0 Å². The first-order valence-electron chi connectivity index (χ1n) is 4.24. The van der Waals surface area contributed by atoms with E-state index >= 15 is 0 Å². The molecule has 0 bridgehead atoms. The molecule has 0 saturated heterocycles. The molecule has 0 unspecified atom stereocenters. The molecule has 1 rings (SSSR count). The quantitative estimate of drug-likeness (QED) is 0.716. The summed E-state index contributed by atoms with van der Waals surface area (Å²) in [5, 5.41) is 0.727. The highest BCUT2D eigenvalue weighted by atomic mass is 35.5. The summed E-state index contributed by atoms with van der Waals surface area (Å²) in [6, 6.07) is 7.67. The van der Waals surface area contributed by atoms with Crippen LogP contribution in [0.4, 0.5) is 0 Å². The van der Waals surface area contributed by atoms with Crippen LogP contribution < -0.4 is 4.74 Å². The summed E-state index contributed by atoms with van der Waals surface area (Å²) in [6.07, 6.45) is 0. The van der Waals surface area contributed by atoms with Gasteiger partial charge in [-0.3, -0.25) is 0 Å². The standard InChI is InChI=1S/C11H12Cl2O/c1-8(13)11(7-12)9-3-5-10(14-2)6-4-9/h3-6H,7H2,1-2H3/b11-8-. The summed E-state index contributed by atoms with van der Waals surface area (Å²) in [5.74, 6) is 1.25. The third kappa shape index (κ3) is 2.66. The number of methoxy groups -OCH3 is 1. The molecule has 0 spiro atoms. The van der Waals surface area contributed by atoms with Gasteiger partial charge in [0.25, 0.3) is 0 Å². The number of rotatable bonds is 3. The van der Waals surface area contributed by atoms with Crippen LogP contribution >= 0.6 is 23.2 Å². The number of halogens is 2. The van der Waals surface area contributed by atoms with Gasteiger partial charge in [0.05, 0.1) is 7.11 Å². The van der Waals surface area contributed by atoms with Crippen molar-refractivity contribution < 1.29 is 4.74 Å². The van der Waals surface area contributed by atoms with E-state index in [1.165, 1.54) is 0 Å². The second kappa shape index (κ2) is 5.28. The van der Waals surface area contributed by atoms with E-state index in [4.69, 9.17) is 27.9 Å². The molecule has 0 N–H and O–H groups in total. The van der Waals surface area contributed by atoms with Crippen LogP contribution in [0.5, 0.6) is 5.75 Å². The Bertz CT molecular complexity index is 324. The highest BCUT2D eigenvalue weighted by Crippen LogP contribution is 2.24. The lowest BCUT2D eigenvalue weighted by atomic mass is 10.1. The van der Waals surface area contributed by atoms with Gasteiger partial charge in [-0.25, -0.2) is 0 Å². The summed E-state index contributed by atoms with van der Waals surface area (Å²) in [6.45, 7) is 1.84. The fraction of sp³-hybridized carbons (Fsp3) is 0.273. The van der Waals surface area contributed by atoms with Crippen molar-refractivity contribution in [2.24, 2.45) is 0 Å². The maximum absolute atomic E-state index is 5.92. The zero-order chi connectivity index (χ0) is 10.6. The lowest BCUT2D eigenvalue weighted by molar-refractivity contribution is 0.415. The maximum atomic E-state index is 5.92. The lowest BCUT2D eigenvalue weighted by Crippen LogP contribution is -1.88. The molecule has 0 amide bonds. The number of alkyl halides is 1. The molecule has 0 fully saturated rings. The second-order valence-electron chi connectivity index (χ2n) is 2.87. The number of ether oxygens (including phenoxy) is 1. The molecule has 0 aliphatic heterocycles. The third-order valence-electron chi connectivity index (χ3n) is 1.99. The number of allylic oxidation sites excluding steroid dienone is 2. The van der Waals surface area contributed by atoms with Crippen molar-refractivity contribution in [2.45, 2.75) is 6.92 Å². The molecule has 1 aromatic carbocycles. The Morgan fingerprint density at radius 1 is 1.29 bits per heavy atom. The highest BCUT2D eigenvalue weighted by Gasteiger charge is 2.03. The van der Waals surface area contributed by atoms with Gasteiger partial charge in [-0.15, -0.1) is 11.6 Å². The second-order valence-corrected chi connectivity index (χ2v) is 3.71. The van der Waals surface area contributed by atoms with Crippen molar-refractivity contribution in [3.8, 4) is 5.75 Å². The van der Waals surface area contributed by atoms with E-state index in [-0.39, 0.29) is 0 Å². The normalized spacial score (nSPS) is 12.3. The summed E-state index contributed by atoms with van der Waals surface area (Å²) in [4.78, 5) is 0. The van der Waals surface area contributed by atoms with Gasteiger partial charge < -0.3 is 4.74 Å². The van der Waals surface area contributed by atoms with Gasteiger partial charge in [0, 0.05) is 10.9 Å². The molecule has 76 valence electrons. The molecule has 14 heavy (non-hydrogen) atoms. The van der Waals surface area contributed by atoms with Crippen LogP contribution in [0.15, 0.2) is 29.3 Å². The summed E-state index contributed by atoms with van der Waals surface area (Å²) >= 11 is 11.7. The van der Waals surface area contributed by atoms with Crippen LogP contribution in [0.3, 0.4) is 0 Å². The number of hydrogen-bond donors (Lipinski definition) is 0. The predicted octanol–water partition coefficient (Wildman–Crippen LogP) is 3.90. The zero-order valence-corrected chi connectivity index (χ0v) is 9.69. The molecule has 1 nitrogen and oxygen atoms in total. The molecule has 0 saturated carbocycles. The molecule has 0 heterocycles. The average Bonchev–Trinajstić information content (AvgIpc) is 2.19. The van der Waals surface area contributed by atoms with Crippen molar-refractivity contribution in [1.82, 2.24) is 0 Å². The van der Waals surface area contributed by atoms with Crippen molar-refractivity contribution in [3.05, 3.63) is 34.9 Å². The lowest BCUT2D eigenvalue weighted by Gasteiger charge is -2.06. The van der Waals surface area contributed by atoms with Crippen LogP contribution in [0, 0.1) is 0 Å². The van der Waals surface area contributed by atoms with E-state index in [1.807, 2.05) is 31.2 Å². The summed E-state index contributed by atoms with van der Waals surface area (Å²) in [7, 11) is 1.64. The first-order valence-corrected chi connectivity index (χ1v) is 5.16. The SMILES string of the molecule is COc1ccc(/C(CCl)=C(/C)Cl)cc1. The van der Waals surface area contributed by atoms with Crippen LogP contribution in [0.25, 0.3) is 5.57 Å². The molecule has 0 aliphatic rings. The third-order valence-corrected chi connectivity index (χ3v) is 2.48. The van der Waals surface area contributed by atoms with Crippen molar-refractivity contribution in [2.75, 3.05) is 13.0 Å². The zero-order valence-electron chi connectivity index (χ0n) is 8.18. The Morgan fingerprint density at radius 3 is 2.21 bits per heavy atom. The molecular weight excluding hydrogens is 219 g/mol. The van der Waals surface area contributed by atoms with E-state index < -0.39 is 0 Å². The predicted molar refractivity (Wildman–Crippen MR) is 62.2 cm³/mol. The van der Waals surface area contributed by atoms with E-state index in [9.17, 15) is 0 Å². The van der Waals surface area contributed by atoms with Gasteiger partial charge in [-0.2, -0.15) is 0 Å². The fourth-order valence-electron chi connectivity index (χ4n) is 1.16. The van der Waals surface area contributed by atoms with Gasteiger partial charge in [0.2, 0.25) is 0 Å². The maximum Gasteiger partial charge on any atom is 0.118 e. The summed E-state index contributed by atoms with van der Waals surface area (Å²) < 4.78 is 5.06. The highest BCUT2D eigenvalue weighted by molar-refractivity contribution is 6.34. The average molecular weight is 231 g/mol. The van der Waals surface area contributed by atoms with Gasteiger partial charge in [-0.05, 0) is 30.2 Å². The largest absolute Gasteiger partial charge is 0.497 e. The Kier molecular flexibility index (Phi) is 4.30. The number of benzene rings is 1. The van der Waals surface area contributed by atoms with Crippen molar-refractivity contribution in [1.29, 1.82) is 0 Å². The molecule has 0 aliphatic carbocycles. The van der Waals surface area contributed by atoms with E-state index in [0.29, 0.717) is 5.88 Å². The van der Waals surface area contributed by atoms with Crippen LogP contribution in [-0.4, -0.2) is 13.0 Å². The topological polar surface area (TPSA) is 9.23 Å². The van der Waals surface area contributed by atoms with E-state index in [0.717, 1.165) is 21.9 Å². The Balaban J connectivity index is 3.02. The first-order chi connectivity index (χ1) is 6.69. The molecule has 0 radical (unpaired) electrons. The molecule has 1 aromatic rings. The van der Waals surface area contributed by atoms with E-state index in [1.54, 1.807) is 7.11 Å².